The van der Waals surface area contributed by atoms with Crippen LogP contribution in [0, 0.1) is 0 Å². The highest BCUT2D eigenvalue weighted by Crippen LogP contribution is 2.26. The smallest absolute Gasteiger partial charge is 0.243 e. The maximum atomic E-state index is 13.0. The van der Waals surface area contributed by atoms with Crippen LogP contribution in [0.25, 0.3) is 0 Å². The van der Waals surface area contributed by atoms with Gasteiger partial charge in [-0.1, -0.05) is 13.8 Å². The lowest BCUT2D eigenvalue weighted by molar-refractivity contribution is -0.105. The van der Waals surface area contributed by atoms with Crippen LogP contribution in [0.15, 0.2) is 23.1 Å². The monoisotopic (exact) mass is 401 g/mol. The first-order valence-corrected chi connectivity index (χ1v) is 10.6. The standard InChI is InChI=1S/C19H31NO6S/c1-6-12-20(13-7-2)27(22,23)15-8-10-18(24-3)16(14-15)17(21)9-11-19(25-4)26-5/h8,10,14,19H,6-7,9,11-13H2,1-5H3. The fourth-order valence-corrected chi connectivity index (χ4v) is 4.43. The van der Waals surface area contributed by atoms with Gasteiger partial charge in [0.25, 0.3) is 0 Å². The van der Waals surface area contributed by atoms with Gasteiger partial charge in [-0.3, -0.25) is 4.79 Å². The largest absolute Gasteiger partial charge is 0.496 e. The molecule has 0 aliphatic rings. The van der Waals surface area contributed by atoms with E-state index < -0.39 is 16.3 Å². The lowest BCUT2D eigenvalue weighted by Gasteiger charge is -2.21. The van der Waals surface area contributed by atoms with Crippen LogP contribution < -0.4 is 4.74 Å². The molecule has 1 aromatic carbocycles. The third-order valence-corrected chi connectivity index (χ3v) is 6.08. The van der Waals surface area contributed by atoms with E-state index in [0.717, 1.165) is 12.8 Å². The summed E-state index contributed by atoms with van der Waals surface area (Å²) in [5, 5.41) is 0. The molecule has 0 unspecified atom stereocenters. The summed E-state index contributed by atoms with van der Waals surface area (Å²) in [5.74, 6) is 0.128. The number of nitrogens with zero attached hydrogens (tertiary/aromatic N) is 1. The topological polar surface area (TPSA) is 82.1 Å². The Bertz CT molecular complexity index is 694. The number of Topliss-reactive ketones (excluding diaryl/α,β-unsaturated/α-hetero) is 1. The second kappa shape index (κ2) is 11.4. The number of sulfonamides is 1. The molecule has 0 heterocycles. The van der Waals surface area contributed by atoms with Crippen LogP contribution >= 0.6 is 0 Å². The van der Waals surface area contributed by atoms with Crippen molar-refractivity contribution in [1.82, 2.24) is 4.31 Å². The van der Waals surface area contributed by atoms with Gasteiger partial charge >= 0.3 is 0 Å². The molecule has 0 aliphatic heterocycles. The summed E-state index contributed by atoms with van der Waals surface area (Å²) in [6, 6.07) is 4.42. The number of rotatable bonds is 13. The number of carbonyl (C=O) groups excluding carboxylic acids is 1. The molecular formula is C19H31NO6S. The molecule has 0 atom stereocenters. The average molecular weight is 402 g/mol. The minimum atomic E-state index is -3.67. The van der Waals surface area contributed by atoms with E-state index in [1.165, 1.54) is 43.8 Å². The molecule has 0 aromatic heterocycles. The van der Waals surface area contributed by atoms with Crippen molar-refractivity contribution < 1.29 is 27.4 Å². The lowest BCUT2D eigenvalue weighted by Crippen LogP contribution is -2.32. The van der Waals surface area contributed by atoms with Gasteiger partial charge in [-0.2, -0.15) is 4.31 Å². The lowest BCUT2D eigenvalue weighted by atomic mass is 10.1. The summed E-state index contributed by atoms with van der Waals surface area (Å²) in [7, 11) is 0.786. The first-order chi connectivity index (χ1) is 12.8. The molecule has 0 spiro atoms. The molecular weight excluding hydrogens is 370 g/mol. The van der Waals surface area contributed by atoms with Gasteiger partial charge in [0.05, 0.1) is 17.6 Å². The minimum Gasteiger partial charge on any atom is -0.496 e. The molecule has 0 saturated carbocycles. The van der Waals surface area contributed by atoms with Crippen molar-refractivity contribution in [2.24, 2.45) is 0 Å². The molecule has 1 aromatic rings. The predicted molar refractivity (Wildman–Crippen MR) is 104 cm³/mol. The van der Waals surface area contributed by atoms with Crippen LogP contribution in [0.2, 0.25) is 0 Å². The van der Waals surface area contributed by atoms with Crippen molar-refractivity contribution in [2.75, 3.05) is 34.4 Å². The van der Waals surface area contributed by atoms with Gasteiger partial charge in [0.1, 0.15) is 5.75 Å². The van der Waals surface area contributed by atoms with Crippen molar-refractivity contribution in [3.63, 3.8) is 0 Å². The molecule has 0 N–H and O–H groups in total. The summed E-state index contributed by atoms with van der Waals surface area (Å²) in [4.78, 5) is 12.8. The summed E-state index contributed by atoms with van der Waals surface area (Å²) < 4.78 is 42.9. The number of benzene rings is 1. The van der Waals surface area contributed by atoms with Crippen LogP contribution in [-0.4, -0.2) is 59.2 Å². The first-order valence-electron chi connectivity index (χ1n) is 9.12. The minimum absolute atomic E-state index is 0.101. The molecule has 0 amide bonds. The van der Waals surface area contributed by atoms with E-state index in [0.29, 0.717) is 25.3 Å². The molecule has 7 nitrogen and oxygen atoms in total. The fraction of sp³-hybridized carbons (Fsp3) is 0.632. The molecule has 154 valence electrons. The van der Waals surface area contributed by atoms with E-state index in [2.05, 4.69) is 0 Å². The highest BCUT2D eigenvalue weighted by molar-refractivity contribution is 7.89. The zero-order chi connectivity index (χ0) is 20.4. The number of methoxy groups -OCH3 is 3. The Morgan fingerprint density at radius 3 is 2.15 bits per heavy atom. The second-order valence-electron chi connectivity index (χ2n) is 6.13. The summed E-state index contributed by atoms with van der Waals surface area (Å²) in [5.41, 5.74) is 0.248. The van der Waals surface area contributed by atoms with Crippen LogP contribution in [0.4, 0.5) is 0 Å². The van der Waals surface area contributed by atoms with Crippen molar-refractivity contribution in [2.45, 2.75) is 50.7 Å². The molecule has 0 aliphatic carbocycles. The van der Waals surface area contributed by atoms with Crippen LogP contribution in [0.5, 0.6) is 5.75 Å². The normalized spacial score (nSPS) is 12.0. The van der Waals surface area contributed by atoms with Gasteiger partial charge in [0.2, 0.25) is 10.0 Å². The number of hydrogen-bond donors (Lipinski definition) is 0. The molecule has 0 bridgehead atoms. The zero-order valence-corrected chi connectivity index (χ0v) is 17.7. The molecule has 0 fully saturated rings. The molecule has 27 heavy (non-hydrogen) atoms. The highest BCUT2D eigenvalue weighted by atomic mass is 32.2. The summed E-state index contributed by atoms with van der Waals surface area (Å²) in [6.07, 6.45) is 1.47. The maximum Gasteiger partial charge on any atom is 0.243 e. The van der Waals surface area contributed by atoms with Crippen LogP contribution in [-0.2, 0) is 19.5 Å². The number of carbonyl (C=O) groups is 1. The van der Waals surface area contributed by atoms with Crippen LogP contribution in [0.1, 0.15) is 49.9 Å². The summed E-state index contributed by atoms with van der Waals surface area (Å²) in [6.45, 7) is 4.75. The Hall–Kier alpha value is -1.48. The Morgan fingerprint density at radius 2 is 1.67 bits per heavy atom. The van der Waals surface area contributed by atoms with Crippen molar-refractivity contribution >= 4 is 15.8 Å². The van der Waals surface area contributed by atoms with Gasteiger partial charge in [-0.15, -0.1) is 0 Å². The predicted octanol–water partition coefficient (Wildman–Crippen LogP) is 3.09. The number of hydrogen-bond acceptors (Lipinski definition) is 6. The number of ketones is 1. The molecule has 0 saturated heterocycles. The van der Waals surface area contributed by atoms with E-state index in [1.807, 2.05) is 13.8 Å². The highest BCUT2D eigenvalue weighted by Gasteiger charge is 2.25. The van der Waals surface area contributed by atoms with Gasteiger partial charge in [0, 0.05) is 40.2 Å². The van der Waals surface area contributed by atoms with Gasteiger partial charge in [0.15, 0.2) is 12.1 Å². The Morgan fingerprint density at radius 1 is 1.07 bits per heavy atom. The van der Waals surface area contributed by atoms with Gasteiger partial charge in [-0.05, 0) is 31.0 Å². The van der Waals surface area contributed by atoms with E-state index in [9.17, 15) is 13.2 Å². The van der Waals surface area contributed by atoms with Crippen molar-refractivity contribution in [3.05, 3.63) is 23.8 Å². The van der Waals surface area contributed by atoms with Crippen molar-refractivity contribution in [1.29, 1.82) is 0 Å². The first kappa shape index (κ1) is 23.6. The van der Waals surface area contributed by atoms with Gasteiger partial charge < -0.3 is 14.2 Å². The average Bonchev–Trinajstić information content (AvgIpc) is 2.67. The quantitative estimate of drug-likeness (QED) is 0.373. The zero-order valence-electron chi connectivity index (χ0n) is 16.9. The molecule has 0 radical (unpaired) electrons. The van der Waals surface area contributed by atoms with E-state index in [1.54, 1.807) is 0 Å². The molecule has 1 rings (SSSR count). The maximum absolute atomic E-state index is 13.0. The van der Waals surface area contributed by atoms with E-state index >= 15 is 0 Å². The molecule has 8 heteroatoms. The van der Waals surface area contributed by atoms with Crippen LogP contribution in [0.3, 0.4) is 0 Å². The summed E-state index contributed by atoms with van der Waals surface area (Å²) >= 11 is 0. The van der Waals surface area contributed by atoms with E-state index in [-0.39, 0.29) is 22.7 Å². The number of ether oxygens (including phenoxy) is 3. The Labute approximate surface area is 162 Å². The SMILES string of the molecule is CCCN(CCC)S(=O)(=O)c1ccc(OC)c(C(=O)CCC(OC)OC)c1. The second-order valence-corrected chi connectivity index (χ2v) is 8.07. The van der Waals surface area contributed by atoms with Crippen molar-refractivity contribution in [3.8, 4) is 5.75 Å². The third-order valence-electron chi connectivity index (χ3n) is 4.19. The third kappa shape index (κ3) is 6.27. The van der Waals surface area contributed by atoms with Gasteiger partial charge in [-0.25, -0.2) is 8.42 Å². The van der Waals surface area contributed by atoms with E-state index in [4.69, 9.17) is 14.2 Å². The Kier molecular flexibility index (Phi) is 9.93. The Balaban J connectivity index is 3.18. The fourth-order valence-electron chi connectivity index (χ4n) is 2.78.